The van der Waals surface area contributed by atoms with Crippen LogP contribution in [-0.4, -0.2) is 10.4 Å². The average molecular weight is 329 g/mol. The Morgan fingerprint density at radius 2 is 2.17 bits per heavy atom. The molecule has 0 aromatic heterocycles. The standard InChI is InChI=1S/C15H21BrOS/c1-10-4-3-5-13(8-10)18-15-7-6-12(11(2)17)9-14(15)16/h6-7,9-11,13,17H,3-5,8H2,1-2H3/t10?,11-,13?/m0/s1. The van der Waals surface area contributed by atoms with Crippen LogP contribution < -0.4 is 0 Å². The van der Waals surface area contributed by atoms with Gasteiger partial charge in [-0.15, -0.1) is 11.8 Å². The molecule has 1 aliphatic rings. The molecular formula is C15H21BrOS. The lowest BCUT2D eigenvalue weighted by atomic mass is 9.91. The quantitative estimate of drug-likeness (QED) is 0.825. The lowest BCUT2D eigenvalue weighted by Crippen LogP contribution is -2.14. The maximum atomic E-state index is 9.57. The maximum Gasteiger partial charge on any atom is 0.0762 e. The van der Waals surface area contributed by atoms with Gasteiger partial charge in [0, 0.05) is 14.6 Å². The van der Waals surface area contributed by atoms with Crippen LogP contribution in [-0.2, 0) is 0 Å². The van der Waals surface area contributed by atoms with E-state index >= 15 is 0 Å². The number of thioether (sulfide) groups is 1. The number of hydrogen-bond acceptors (Lipinski definition) is 2. The summed E-state index contributed by atoms with van der Waals surface area (Å²) in [6.45, 7) is 4.16. The normalized spacial score (nSPS) is 26.0. The first-order chi connectivity index (χ1) is 8.56. The lowest BCUT2D eigenvalue weighted by Gasteiger charge is -2.26. The first-order valence-corrected chi connectivity index (χ1v) is 8.37. The van der Waals surface area contributed by atoms with Gasteiger partial charge >= 0.3 is 0 Å². The Labute approximate surface area is 122 Å². The van der Waals surface area contributed by atoms with Crippen LogP contribution in [0.25, 0.3) is 0 Å². The molecular weight excluding hydrogens is 308 g/mol. The van der Waals surface area contributed by atoms with E-state index in [0.29, 0.717) is 0 Å². The molecule has 1 aromatic rings. The highest BCUT2D eigenvalue weighted by molar-refractivity contribution is 9.10. The van der Waals surface area contributed by atoms with Crippen molar-refractivity contribution in [1.82, 2.24) is 0 Å². The van der Waals surface area contributed by atoms with E-state index in [0.717, 1.165) is 21.2 Å². The Balaban J connectivity index is 2.05. The van der Waals surface area contributed by atoms with Crippen LogP contribution >= 0.6 is 27.7 Å². The number of halogens is 1. The predicted octanol–water partition coefficient (Wildman–Crippen LogP) is 5.17. The van der Waals surface area contributed by atoms with Gasteiger partial charge in [0.25, 0.3) is 0 Å². The summed E-state index contributed by atoms with van der Waals surface area (Å²) in [6, 6.07) is 6.21. The van der Waals surface area contributed by atoms with E-state index in [-0.39, 0.29) is 0 Å². The fourth-order valence-corrected chi connectivity index (χ4v) is 4.60. The average Bonchev–Trinajstić information content (AvgIpc) is 2.31. The van der Waals surface area contributed by atoms with Gasteiger partial charge in [-0.2, -0.15) is 0 Å². The van der Waals surface area contributed by atoms with Crippen molar-refractivity contribution in [2.45, 2.75) is 55.8 Å². The van der Waals surface area contributed by atoms with Crippen molar-refractivity contribution in [1.29, 1.82) is 0 Å². The number of benzene rings is 1. The summed E-state index contributed by atoms with van der Waals surface area (Å²) < 4.78 is 1.11. The van der Waals surface area contributed by atoms with Gasteiger partial charge in [0.2, 0.25) is 0 Å². The lowest BCUT2D eigenvalue weighted by molar-refractivity contribution is 0.199. The van der Waals surface area contributed by atoms with Crippen LogP contribution in [0.1, 0.15) is 51.2 Å². The fourth-order valence-electron chi connectivity index (χ4n) is 2.54. The number of aliphatic hydroxyl groups excluding tert-OH is 1. The highest BCUT2D eigenvalue weighted by atomic mass is 79.9. The van der Waals surface area contributed by atoms with Crippen molar-refractivity contribution in [3.63, 3.8) is 0 Å². The number of hydrogen-bond donors (Lipinski definition) is 1. The topological polar surface area (TPSA) is 20.2 Å². The minimum atomic E-state index is -0.393. The second-order valence-corrected chi connectivity index (χ2v) is 7.57. The second kappa shape index (κ2) is 6.44. The molecule has 1 aromatic carbocycles. The first kappa shape index (κ1) is 14.4. The maximum absolute atomic E-state index is 9.57. The van der Waals surface area contributed by atoms with E-state index in [4.69, 9.17) is 0 Å². The summed E-state index contributed by atoms with van der Waals surface area (Å²) in [6.07, 6.45) is 5.02. The van der Waals surface area contributed by atoms with Gasteiger partial charge in [-0.3, -0.25) is 0 Å². The van der Waals surface area contributed by atoms with E-state index < -0.39 is 6.10 Å². The van der Waals surface area contributed by atoms with Crippen molar-refractivity contribution in [3.05, 3.63) is 28.2 Å². The first-order valence-electron chi connectivity index (χ1n) is 6.70. The van der Waals surface area contributed by atoms with Crippen LogP contribution in [0, 0.1) is 5.92 Å². The van der Waals surface area contributed by atoms with Crippen LogP contribution in [0.15, 0.2) is 27.6 Å². The highest BCUT2D eigenvalue weighted by Gasteiger charge is 2.20. The zero-order valence-electron chi connectivity index (χ0n) is 11.0. The molecule has 1 nitrogen and oxygen atoms in total. The summed E-state index contributed by atoms with van der Waals surface area (Å²) in [5.74, 6) is 0.867. The zero-order valence-corrected chi connectivity index (χ0v) is 13.4. The van der Waals surface area contributed by atoms with Gasteiger partial charge < -0.3 is 5.11 Å². The van der Waals surface area contributed by atoms with E-state index in [2.05, 4.69) is 28.9 Å². The minimum Gasteiger partial charge on any atom is -0.389 e. The molecule has 0 heterocycles. The third-order valence-electron chi connectivity index (χ3n) is 3.62. The van der Waals surface area contributed by atoms with Crippen LogP contribution in [0.5, 0.6) is 0 Å². The van der Waals surface area contributed by atoms with Crippen LogP contribution in [0.4, 0.5) is 0 Å². The molecule has 1 N–H and O–H groups in total. The summed E-state index contributed by atoms with van der Waals surface area (Å²) in [4.78, 5) is 1.30. The van der Waals surface area contributed by atoms with Gasteiger partial charge in [0.1, 0.15) is 0 Å². The molecule has 3 heteroatoms. The van der Waals surface area contributed by atoms with E-state index in [9.17, 15) is 5.11 Å². The molecule has 3 atom stereocenters. The third-order valence-corrected chi connectivity index (χ3v) is 5.91. The molecule has 0 bridgehead atoms. The molecule has 100 valence electrons. The highest BCUT2D eigenvalue weighted by Crippen LogP contribution is 2.39. The minimum absolute atomic E-state index is 0.393. The summed E-state index contributed by atoms with van der Waals surface area (Å²) in [7, 11) is 0. The second-order valence-electron chi connectivity index (χ2n) is 5.38. The molecule has 1 aliphatic carbocycles. The van der Waals surface area contributed by atoms with Crippen molar-refractivity contribution in [3.8, 4) is 0 Å². The molecule has 0 saturated heterocycles. The van der Waals surface area contributed by atoms with Crippen LogP contribution in [0.2, 0.25) is 0 Å². The van der Waals surface area contributed by atoms with E-state index in [1.54, 1.807) is 6.92 Å². The van der Waals surface area contributed by atoms with E-state index in [1.165, 1.54) is 30.6 Å². The molecule has 2 rings (SSSR count). The molecule has 1 saturated carbocycles. The smallest absolute Gasteiger partial charge is 0.0762 e. The Kier molecular flexibility index (Phi) is 5.16. The van der Waals surface area contributed by atoms with Gasteiger partial charge in [-0.25, -0.2) is 0 Å². The zero-order chi connectivity index (χ0) is 13.1. The van der Waals surface area contributed by atoms with E-state index in [1.807, 2.05) is 23.9 Å². The van der Waals surface area contributed by atoms with Gasteiger partial charge in [-0.1, -0.05) is 25.8 Å². The summed E-state index contributed by atoms with van der Waals surface area (Å²) >= 11 is 5.61. The Bertz CT molecular complexity index is 405. The summed E-state index contributed by atoms with van der Waals surface area (Å²) in [5.41, 5.74) is 0.975. The van der Waals surface area contributed by atoms with Gasteiger partial charge in [-0.05, 0) is 59.3 Å². The van der Waals surface area contributed by atoms with Crippen molar-refractivity contribution in [2.24, 2.45) is 5.92 Å². The van der Waals surface area contributed by atoms with Gasteiger partial charge in [0.05, 0.1) is 6.10 Å². The number of rotatable bonds is 3. The van der Waals surface area contributed by atoms with Crippen molar-refractivity contribution in [2.75, 3.05) is 0 Å². The molecule has 0 spiro atoms. The van der Waals surface area contributed by atoms with Crippen molar-refractivity contribution < 1.29 is 5.11 Å². The Hall–Kier alpha value is 0.01000. The van der Waals surface area contributed by atoms with Gasteiger partial charge in [0.15, 0.2) is 0 Å². The van der Waals surface area contributed by atoms with Crippen molar-refractivity contribution >= 4 is 27.7 Å². The molecule has 0 aliphatic heterocycles. The molecule has 18 heavy (non-hydrogen) atoms. The monoisotopic (exact) mass is 328 g/mol. The fraction of sp³-hybridized carbons (Fsp3) is 0.600. The number of aliphatic hydroxyl groups is 1. The molecule has 2 unspecified atom stereocenters. The van der Waals surface area contributed by atoms with Crippen LogP contribution in [0.3, 0.4) is 0 Å². The SMILES string of the molecule is CC1CCCC(Sc2ccc([C@H](C)O)cc2Br)C1. The molecule has 0 radical (unpaired) electrons. The molecule has 1 fully saturated rings. The Morgan fingerprint density at radius 3 is 2.78 bits per heavy atom. The third kappa shape index (κ3) is 3.75. The predicted molar refractivity (Wildman–Crippen MR) is 82.1 cm³/mol. The Morgan fingerprint density at radius 1 is 1.39 bits per heavy atom. The summed E-state index contributed by atoms with van der Waals surface area (Å²) in [5, 5.41) is 10.3. The largest absolute Gasteiger partial charge is 0.389 e. The molecule has 0 amide bonds.